The number of piperidine rings is 4. The highest BCUT2D eigenvalue weighted by molar-refractivity contribution is 5.95. The number of H-pyrrole nitrogens is 4. The van der Waals surface area contributed by atoms with Crippen LogP contribution in [0.3, 0.4) is 0 Å². The molecule has 8 aromatic heterocycles. The van der Waals surface area contributed by atoms with Crippen LogP contribution in [0.25, 0.3) is 44.1 Å². The number of alkyl halides is 3. The molecule has 110 heavy (non-hydrogen) atoms. The zero-order valence-corrected chi connectivity index (χ0v) is 65.0. The first-order valence-electron chi connectivity index (χ1n) is 39.7. The topological polar surface area (TPSA) is 296 Å². The number of carbonyl (C=O) groups is 4. The van der Waals surface area contributed by atoms with E-state index in [0.29, 0.717) is 64.2 Å². The van der Waals surface area contributed by atoms with Crippen LogP contribution in [0.4, 0.5) is 36.4 Å². The summed E-state index contributed by atoms with van der Waals surface area (Å²) in [4.78, 5) is 104. The second-order valence-electron chi connectivity index (χ2n) is 34.0. The van der Waals surface area contributed by atoms with Crippen LogP contribution in [0, 0.1) is 17.3 Å². The van der Waals surface area contributed by atoms with E-state index in [0.717, 1.165) is 149 Å². The minimum atomic E-state index is -1.06. The van der Waals surface area contributed by atoms with E-state index >= 15 is 0 Å². The Morgan fingerprint density at radius 2 is 0.782 bits per heavy atom. The largest absolute Gasteiger partial charge is 0.365 e. The SMILES string of the molecule is C=CC(=O)N1C[C@H](Nc2ncnc3[nH]cc(C4(C)CCC4)c23)CC[C@@H]1C.C=CC(=O)N1C[C@H](Nc2ncnc3[nH]cc(C[C@@H]4CC4(C)F)c23)CC[C@@H]1C.C=CC(=O)N1C[C@H](Nc2ncnc3[nH]cc(C[C@H]4CC4(C)F)c23)CC[C@@H]1C.C=CC(=O)N1C[C@H](Nc2ncnc3[nH]cc([C@@H]4CC[C@]5(C4)CC5(C)F)c23)CC[C@@H]1C. The van der Waals surface area contributed by atoms with E-state index in [4.69, 9.17) is 0 Å². The Morgan fingerprint density at radius 3 is 1.11 bits per heavy atom. The van der Waals surface area contributed by atoms with Gasteiger partial charge in [-0.15, -0.1) is 0 Å². The molecule has 0 aromatic carbocycles. The van der Waals surface area contributed by atoms with Crippen molar-refractivity contribution in [3.8, 4) is 0 Å². The van der Waals surface area contributed by atoms with Gasteiger partial charge in [-0.05, 0) is 234 Å². The van der Waals surface area contributed by atoms with Crippen molar-refractivity contribution in [2.75, 3.05) is 47.4 Å². The molecule has 0 bridgehead atoms. The number of anilines is 4. The van der Waals surface area contributed by atoms with Crippen LogP contribution in [-0.4, -0.2) is 195 Å². The van der Waals surface area contributed by atoms with Crippen molar-refractivity contribution >= 4 is 91.0 Å². The maximum absolute atomic E-state index is 14.6. The average Bonchev–Trinajstić information content (AvgIpc) is 1.54. The van der Waals surface area contributed by atoms with Gasteiger partial charge in [-0.2, -0.15) is 0 Å². The Balaban J connectivity index is 0.000000122. The molecular formula is C83H109F3N20O4. The van der Waals surface area contributed by atoms with Gasteiger partial charge in [0, 0.05) is 105 Å². The maximum Gasteiger partial charge on any atom is 0.246 e. The molecule has 1 spiro atoms. The lowest BCUT2D eigenvalue weighted by molar-refractivity contribution is -0.130. The lowest BCUT2D eigenvalue weighted by atomic mass is 9.66. The first-order chi connectivity index (χ1) is 52.6. The molecule has 15 atom stereocenters. The molecule has 9 fully saturated rings. The highest BCUT2D eigenvalue weighted by atomic mass is 19.2. The number of halogens is 3. The van der Waals surface area contributed by atoms with Crippen LogP contribution in [0.2, 0.25) is 0 Å². The number of carbonyl (C=O) groups excluding carboxylic acids is 4. The van der Waals surface area contributed by atoms with Gasteiger partial charge in [0.15, 0.2) is 0 Å². The van der Waals surface area contributed by atoms with Gasteiger partial charge < -0.3 is 60.8 Å². The van der Waals surface area contributed by atoms with E-state index in [1.807, 2.05) is 38.2 Å². The predicted molar refractivity (Wildman–Crippen MR) is 425 cm³/mol. The molecule has 12 heterocycles. The van der Waals surface area contributed by atoms with E-state index < -0.39 is 17.0 Å². The van der Waals surface area contributed by atoms with Gasteiger partial charge in [-0.3, -0.25) is 19.2 Å². The van der Waals surface area contributed by atoms with E-state index in [1.165, 1.54) is 67.3 Å². The predicted octanol–water partition coefficient (Wildman–Crippen LogP) is 14.1. The molecule has 4 saturated heterocycles. The van der Waals surface area contributed by atoms with E-state index in [2.05, 4.69) is 148 Å². The molecule has 3 unspecified atom stereocenters. The normalized spacial score (nSPS) is 30.5. The second kappa shape index (κ2) is 30.9. The van der Waals surface area contributed by atoms with E-state index in [9.17, 15) is 32.3 Å². The molecule has 8 aromatic rings. The number of aromatic amines is 4. The summed E-state index contributed by atoms with van der Waals surface area (Å²) >= 11 is 0. The minimum absolute atomic E-state index is 0.00106. The number of amides is 4. The molecule has 0 radical (unpaired) electrons. The number of fused-ring (bicyclic) bond motifs is 4. The Morgan fingerprint density at radius 1 is 0.455 bits per heavy atom. The van der Waals surface area contributed by atoms with Crippen LogP contribution in [-0.2, 0) is 37.4 Å². The molecule has 24 nitrogen and oxygen atoms in total. The number of nitrogens with zero attached hydrogens (tertiary/aromatic N) is 12. The molecule has 586 valence electrons. The molecule has 5 saturated carbocycles. The molecular weight excluding hydrogens is 1400 g/mol. The summed E-state index contributed by atoms with van der Waals surface area (Å²) < 4.78 is 42.6. The van der Waals surface area contributed by atoms with Crippen LogP contribution < -0.4 is 21.3 Å². The molecule has 4 amide bonds. The number of likely N-dealkylation sites (tertiary alicyclic amines) is 4. The van der Waals surface area contributed by atoms with Crippen molar-refractivity contribution in [2.45, 2.75) is 254 Å². The molecule has 5 aliphatic carbocycles. The van der Waals surface area contributed by atoms with Crippen LogP contribution in [0.1, 0.15) is 193 Å². The highest BCUT2D eigenvalue weighted by Crippen LogP contribution is 2.70. The minimum Gasteiger partial charge on any atom is -0.365 e. The fourth-order valence-electron chi connectivity index (χ4n) is 18.5. The Bertz CT molecular complexity index is 4620. The van der Waals surface area contributed by atoms with Crippen molar-refractivity contribution < 1.29 is 32.3 Å². The summed E-state index contributed by atoms with van der Waals surface area (Å²) in [5.74, 6) is 3.52. The first-order valence-corrected chi connectivity index (χ1v) is 39.7. The van der Waals surface area contributed by atoms with Crippen molar-refractivity contribution in [2.24, 2.45) is 17.3 Å². The fraction of sp³-hybridized carbons (Fsp3) is 0.566. The van der Waals surface area contributed by atoms with Gasteiger partial charge in [0.1, 0.15) is 88.2 Å². The fourth-order valence-corrected chi connectivity index (χ4v) is 18.5. The van der Waals surface area contributed by atoms with Gasteiger partial charge in [0.2, 0.25) is 23.6 Å². The number of nitrogens with one attached hydrogen (secondary N) is 8. The summed E-state index contributed by atoms with van der Waals surface area (Å²) in [7, 11) is 0. The summed E-state index contributed by atoms with van der Waals surface area (Å²) in [5, 5.41) is 18.2. The molecule has 27 heteroatoms. The maximum atomic E-state index is 14.6. The quantitative estimate of drug-likeness (QED) is 0.0370. The van der Waals surface area contributed by atoms with Crippen molar-refractivity contribution in [1.82, 2.24) is 79.4 Å². The van der Waals surface area contributed by atoms with Crippen LogP contribution in [0.15, 0.2) is 101 Å². The van der Waals surface area contributed by atoms with Crippen LogP contribution >= 0.6 is 0 Å². The van der Waals surface area contributed by atoms with Crippen molar-refractivity contribution in [3.05, 3.63) is 123 Å². The van der Waals surface area contributed by atoms with Crippen LogP contribution in [0.5, 0.6) is 0 Å². The van der Waals surface area contributed by atoms with Crippen molar-refractivity contribution in [1.29, 1.82) is 0 Å². The Kier molecular flexibility index (Phi) is 21.6. The zero-order chi connectivity index (χ0) is 77.8. The van der Waals surface area contributed by atoms with Gasteiger partial charge in [0.05, 0.1) is 21.5 Å². The monoisotopic (exact) mass is 1510 g/mol. The third-order valence-electron chi connectivity index (χ3n) is 26.2. The third kappa shape index (κ3) is 15.9. The first kappa shape index (κ1) is 77.1. The van der Waals surface area contributed by atoms with Gasteiger partial charge >= 0.3 is 0 Å². The highest BCUT2D eigenvalue weighted by Gasteiger charge is 2.68. The number of hydrogen-bond donors (Lipinski definition) is 8. The number of rotatable bonds is 18. The summed E-state index contributed by atoms with van der Waals surface area (Å²) in [6.45, 7) is 32.7. The molecule has 8 N–H and O–H groups in total. The lowest BCUT2D eigenvalue weighted by Gasteiger charge is -2.39. The molecule has 17 rings (SSSR count). The molecule has 9 aliphatic rings. The smallest absolute Gasteiger partial charge is 0.246 e. The van der Waals surface area contributed by atoms with Crippen molar-refractivity contribution in [3.63, 3.8) is 0 Å². The second-order valence-corrected chi connectivity index (χ2v) is 34.0. The average molecular weight is 1510 g/mol. The summed E-state index contributed by atoms with van der Waals surface area (Å²) in [5.41, 5.74) is 4.76. The standard InChI is InChI=1S/C23H30FN5O.2C20H26FN5O.C20H27N5O/c1-4-18(30)29-11-16(6-5-14(29)2)28-21-19-17(10-25-20(19)26-13-27-21)15-7-8-23(9-15)12-22(23,3)24;2*1-4-16(27)26-10-15(6-5-12(26)2)25-19-17-13(7-14-8-20(14,3)21)9-22-18(17)23-11-24-19;1-4-16(26)25-11-14(7-6-13(25)2)24-19-17-15(20(3)8-5-9-20)10-21-18(17)22-12-23-19/h4,10,13-16H,1,5-9,11-12H2,2-3H3,(H2,25,26,27,28);2*4,9,11-12,14-15H,1,5-8,10H2,2-3H3,(H2,22,23,24,25);4,10,12-14H,1,5-9,11H2,2-3H3,(H2,21,22,23,24)/t14-,15+,16+,22?,23-;12-,14+,15+,20?;12-,14-,15+,20?;13-,14+/m0000/s1. The van der Waals surface area contributed by atoms with E-state index in [-0.39, 0.29) is 94.6 Å². The lowest BCUT2D eigenvalue weighted by Crippen LogP contribution is -2.49. The Hall–Kier alpha value is -9.69. The van der Waals surface area contributed by atoms with E-state index in [1.54, 1.807) is 33.4 Å². The zero-order valence-electron chi connectivity index (χ0n) is 65.0. The third-order valence-corrected chi connectivity index (χ3v) is 26.2. The summed E-state index contributed by atoms with van der Waals surface area (Å²) in [6, 6.07) is 1.41. The molecule has 4 aliphatic heterocycles. The number of hydrogen-bond acceptors (Lipinski definition) is 16. The van der Waals surface area contributed by atoms with Gasteiger partial charge in [-0.1, -0.05) is 39.7 Å². The number of aromatic nitrogens is 12. The van der Waals surface area contributed by atoms with Gasteiger partial charge in [0.25, 0.3) is 0 Å². The Labute approximate surface area is 641 Å². The summed E-state index contributed by atoms with van der Waals surface area (Å²) in [6.07, 6.45) is 37.2. The van der Waals surface area contributed by atoms with Gasteiger partial charge in [-0.25, -0.2) is 53.0 Å².